The molecule has 1 aromatic carbocycles. The molecule has 122 valence electrons. The van der Waals surface area contributed by atoms with Gasteiger partial charge in [0.25, 0.3) is 0 Å². The number of nitrogens with zero attached hydrogens (tertiary/aromatic N) is 1. The topological polar surface area (TPSA) is 41.6 Å². The van der Waals surface area contributed by atoms with Crippen LogP contribution < -0.4 is 5.32 Å². The van der Waals surface area contributed by atoms with Crippen molar-refractivity contribution in [2.75, 3.05) is 33.9 Å². The summed E-state index contributed by atoms with van der Waals surface area (Å²) in [6.07, 6.45) is 1.42. The van der Waals surface area contributed by atoms with Crippen molar-refractivity contribution in [3.8, 4) is 0 Å². The largest absolute Gasteiger partial charge is 0.384 e. The van der Waals surface area contributed by atoms with Crippen LogP contribution in [0, 0.1) is 17.0 Å². The molecule has 1 saturated heterocycles. The first-order valence-corrected chi connectivity index (χ1v) is 7.38. The molecule has 22 heavy (non-hydrogen) atoms. The lowest BCUT2D eigenvalue weighted by Gasteiger charge is -2.38. The number of hydrogen-bond acceptors (Lipinski definition) is 3. The van der Waals surface area contributed by atoms with E-state index in [0.29, 0.717) is 25.0 Å². The molecule has 1 aliphatic rings. The van der Waals surface area contributed by atoms with Crippen LogP contribution in [0.15, 0.2) is 18.2 Å². The number of halogens is 2. The Morgan fingerprint density at radius 3 is 2.59 bits per heavy atom. The second-order valence-electron chi connectivity index (χ2n) is 5.87. The predicted octanol–water partition coefficient (Wildman–Crippen LogP) is 1.94. The van der Waals surface area contributed by atoms with E-state index in [9.17, 15) is 13.6 Å². The molecule has 2 rings (SSSR count). The number of piperidine rings is 1. The maximum atomic E-state index is 13.3. The average Bonchev–Trinajstić information content (AvgIpc) is 2.51. The lowest BCUT2D eigenvalue weighted by atomic mass is 9.78. The highest BCUT2D eigenvalue weighted by atomic mass is 19.2. The summed E-state index contributed by atoms with van der Waals surface area (Å²) in [6.45, 7) is 2.16. The van der Waals surface area contributed by atoms with E-state index < -0.39 is 17.0 Å². The molecular formula is C16H22F2N2O2. The molecule has 0 bridgehead atoms. The van der Waals surface area contributed by atoms with Gasteiger partial charge in [0.15, 0.2) is 11.6 Å². The molecule has 0 unspecified atom stereocenters. The summed E-state index contributed by atoms with van der Waals surface area (Å²) in [5.74, 6) is -1.79. The normalized spacial score (nSPS) is 17.3. The second-order valence-corrected chi connectivity index (χ2v) is 5.87. The Morgan fingerprint density at radius 2 is 2.00 bits per heavy atom. The van der Waals surface area contributed by atoms with Crippen molar-refractivity contribution in [1.29, 1.82) is 0 Å². The van der Waals surface area contributed by atoms with Crippen molar-refractivity contribution in [3.05, 3.63) is 35.4 Å². The Balaban J connectivity index is 2.10. The molecule has 1 aliphatic heterocycles. The van der Waals surface area contributed by atoms with Gasteiger partial charge in [-0.1, -0.05) is 6.07 Å². The molecule has 0 radical (unpaired) electrons. The van der Waals surface area contributed by atoms with Crippen molar-refractivity contribution in [2.45, 2.75) is 19.4 Å². The van der Waals surface area contributed by atoms with Gasteiger partial charge in [0.2, 0.25) is 5.91 Å². The molecule has 1 amide bonds. The van der Waals surface area contributed by atoms with Crippen molar-refractivity contribution >= 4 is 5.91 Å². The molecule has 0 atom stereocenters. The highest BCUT2D eigenvalue weighted by Crippen LogP contribution is 2.31. The minimum atomic E-state index is -0.896. The summed E-state index contributed by atoms with van der Waals surface area (Å²) in [6, 6.07) is 3.70. The van der Waals surface area contributed by atoms with Crippen LogP contribution in [0.2, 0.25) is 0 Å². The van der Waals surface area contributed by atoms with Crippen molar-refractivity contribution < 1.29 is 18.3 Å². The zero-order chi connectivity index (χ0) is 16.2. The molecule has 1 fully saturated rings. The second kappa shape index (κ2) is 7.15. The third-order valence-electron chi connectivity index (χ3n) is 4.19. The number of rotatable bonds is 5. The maximum Gasteiger partial charge on any atom is 0.231 e. The fourth-order valence-corrected chi connectivity index (χ4v) is 2.99. The first kappa shape index (κ1) is 16.8. The van der Waals surface area contributed by atoms with Gasteiger partial charge in [-0.15, -0.1) is 0 Å². The Kier molecular flexibility index (Phi) is 5.47. The monoisotopic (exact) mass is 312 g/mol. The van der Waals surface area contributed by atoms with Crippen LogP contribution in [0.3, 0.4) is 0 Å². The zero-order valence-electron chi connectivity index (χ0n) is 13.0. The van der Waals surface area contributed by atoms with E-state index >= 15 is 0 Å². The van der Waals surface area contributed by atoms with Crippen molar-refractivity contribution in [1.82, 2.24) is 10.2 Å². The van der Waals surface area contributed by atoms with E-state index in [4.69, 9.17) is 4.74 Å². The highest BCUT2D eigenvalue weighted by molar-refractivity contribution is 5.83. The molecule has 0 spiro atoms. The fourth-order valence-electron chi connectivity index (χ4n) is 2.99. The number of amides is 1. The van der Waals surface area contributed by atoms with Gasteiger partial charge in [-0.05, 0) is 43.6 Å². The van der Waals surface area contributed by atoms with Gasteiger partial charge in [0, 0.05) is 20.7 Å². The highest BCUT2D eigenvalue weighted by Gasteiger charge is 2.41. The van der Waals surface area contributed by atoms with Crippen LogP contribution >= 0.6 is 0 Å². The predicted molar refractivity (Wildman–Crippen MR) is 79.2 cm³/mol. The van der Waals surface area contributed by atoms with Crippen molar-refractivity contribution in [2.24, 2.45) is 5.41 Å². The van der Waals surface area contributed by atoms with Gasteiger partial charge in [-0.25, -0.2) is 8.78 Å². The average molecular weight is 312 g/mol. The van der Waals surface area contributed by atoms with Gasteiger partial charge < -0.3 is 15.0 Å². The molecule has 0 aliphatic carbocycles. The molecular weight excluding hydrogens is 290 g/mol. The molecule has 1 N–H and O–H groups in total. The molecule has 0 saturated carbocycles. The third-order valence-corrected chi connectivity index (χ3v) is 4.19. The minimum absolute atomic E-state index is 0.0133. The SMILES string of the molecule is COCC1(C(=O)N(C)Cc2ccc(F)c(F)c2)CCNCC1. The van der Waals surface area contributed by atoms with E-state index in [1.165, 1.54) is 6.07 Å². The lowest BCUT2D eigenvalue weighted by molar-refractivity contribution is -0.146. The van der Waals surface area contributed by atoms with Gasteiger partial charge in [-0.2, -0.15) is 0 Å². The number of hydrogen-bond donors (Lipinski definition) is 1. The Labute approximate surface area is 129 Å². The zero-order valence-corrected chi connectivity index (χ0v) is 13.0. The Hall–Kier alpha value is -1.53. The van der Waals surface area contributed by atoms with Gasteiger partial charge >= 0.3 is 0 Å². The Morgan fingerprint density at radius 1 is 1.32 bits per heavy atom. The van der Waals surface area contributed by atoms with Crippen LogP contribution in [0.4, 0.5) is 8.78 Å². The molecule has 4 nitrogen and oxygen atoms in total. The summed E-state index contributed by atoms with van der Waals surface area (Å²) < 4.78 is 31.5. The molecule has 6 heteroatoms. The number of nitrogens with one attached hydrogen (secondary N) is 1. The van der Waals surface area contributed by atoms with E-state index in [0.717, 1.165) is 25.2 Å². The van der Waals surface area contributed by atoms with Crippen LogP contribution in [-0.4, -0.2) is 44.7 Å². The quantitative estimate of drug-likeness (QED) is 0.903. The minimum Gasteiger partial charge on any atom is -0.384 e. The first-order valence-electron chi connectivity index (χ1n) is 7.38. The maximum absolute atomic E-state index is 13.3. The van der Waals surface area contributed by atoms with E-state index in [1.807, 2.05) is 0 Å². The number of ether oxygens (including phenoxy) is 1. The summed E-state index contributed by atoms with van der Waals surface area (Å²) in [4.78, 5) is 14.4. The number of benzene rings is 1. The fraction of sp³-hybridized carbons (Fsp3) is 0.562. The van der Waals surface area contributed by atoms with Crippen LogP contribution in [0.25, 0.3) is 0 Å². The molecule has 0 aromatic heterocycles. The molecule has 1 aromatic rings. The summed E-state index contributed by atoms with van der Waals surface area (Å²) in [7, 11) is 3.27. The third kappa shape index (κ3) is 3.62. The van der Waals surface area contributed by atoms with Crippen molar-refractivity contribution in [3.63, 3.8) is 0 Å². The van der Waals surface area contributed by atoms with Gasteiger partial charge in [0.1, 0.15) is 0 Å². The van der Waals surface area contributed by atoms with Gasteiger partial charge in [0.05, 0.1) is 12.0 Å². The summed E-state index contributed by atoms with van der Waals surface area (Å²) in [5.41, 5.74) is 0.0316. The van der Waals surface area contributed by atoms with Crippen LogP contribution in [-0.2, 0) is 16.1 Å². The van der Waals surface area contributed by atoms with E-state index in [-0.39, 0.29) is 12.5 Å². The number of methoxy groups -OCH3 is 1. The smallest absolute Gasteiger partial charge is 0.231 e. The number of carbonyl (C=O) groups excluding carboxylic acids is 1. The molecule has 1 heterocycles. The summed E-state index contributed by atoms with van der Waals surface area (Å²) in [5, 5.41) is 3.24. The van der Waals surface area contributed by atoms with E-state index in [1.54, 1.807) is 19.1 Å². The summed E-state index contributed by atoms with van der Waals surface area (Å²) >= 11 is 0. The van der Waals surface area contributed by atoms with Gasteiger partial charge in [-0.3, -0.25) is 4.79 Å². The van der Waals surface area contributed by atoms with Crippen LogP contribution in [0.5, 0.6) is 0 Å². The van der Waals surface area contributed by atoms with E-state index in [2.05, 4.69) is 5.32 Å². The number of carbonyl (C=O) groups is 1. The lowest BCUT2D eigenvalue weighted by Crippen LogP contribution is -2.50. The first-order chi connectivity index (χ1) is 10.5. The Bertz CT molecular complexity index is 525. The van der Waals surface area contributed by atoms with Crippen LogP contribution in [0.1, 0.15) is 18.4 Å². The standard InChI is InChI=1S/C16H22F2N2O2/c1-20(10-12-3-4-13(17)14(18)9-12)15(21)16(11-22-2)5-7-19-8-6-16/h3-4,9,19H,5-8,10-11H2,1-2H3.